The molecule has 0 aliphatic rings. The lowest BCUT2D eigenvalue weighted by atomic mass is 10.3. The summed E-state index contributed by atoms with van der Waals surface area (Å²) in [6.45, 7) is 3.21. The summed E-state index contributed by atoms with van der Waals surface area (Å²) in [7, 11) is 1.61. The van der Waals surface area contributed by atoms with Crippen LogP contribution in [0.25, 0.3) is 0 Å². The van der Waals surface area contributed by atoms with Crippen LogP contribution in [0.1, 0.15) is 13.8 Å². The highest BCUT2D eigenvalue weighted by molar-refractivity contribution is 5.68. The summed E-state index contributed by atoms with van der Waals surface area (Å²) in [4.78, 5) is 21.7. The Morgan fingerprint density at radius 3 is 2.39 bits per heavy atom. The Morgan fingerprint density at radius 1 is 1.13 bits per heavy atom. The van der Waals surface area contributed by atoms with Gasteiger partial charge in [0.25, 0.3) is 0 Å². The molecule has 0 aliphatic heterocycles. The molecule has 0 fully saturated rings. The maximum atomic E-state index is 11.0. The molecule has 0 spiro atoms. The summed E-state index contributed by atoms with van der Waals surface area (Å²) >= 11 is 0. The van der Waals surface area contributed by atoms with Crippen molar-refractivity contribution in [2.75, 3.05) is 25.6 Å². The first kappa shape index (κ1) is 18.3. The highest BCUT2D eigenvalue weighted by Crippen LogP contribution is 2.14. The van der Waals surface area contributed by atoms with E-state index in [0.29, 0.717) is 12.3 Å². The van der Waals surface area contributed by atoms with Crippen molar-refractivity contribution >= 4 is 17.6 Å². The van der Waals surface area contributed by atoms with E-state index in [4.69, 9.17) is 14.2 Å². The van der Waals surface area contributed by atoms with Crippen molar-refractivity contribution in [3.05, 3.63) is 48.3 Å². The molecular weight excluding hydrogens is 298 g/mol. The summed E-state index contributed by atoms with van der Waals surface area (Å²) in [6.07, 6.45) is 4.96. The van der Waals surface area contributed by atoms with Gasteiger partial charge in [-0.3, -0.25) is 9.59 Å². The molecule has 6 heteroatoms. The van der Waals surface area contributed by atoms with Crippen molar-refractivity contribution in [3.63, 3.8) is 0 Å². The van der Waals surface area contributed by atoms with Crippen molar-refractivity contribution < 1.29 is 23.8 Å². The Bertz CT molecular complexity index is 575. The Balaban J connectivity index is 2.51. The van der Waals surface area contributed by atoms with Crippen LogP contribution in [-0.4, -0.2) is 32.2 Å². The number of esters is 2. The minimum atomic E-state index is -0.438. The predicted octanol–water partition coefficient (Wildman–Crippen LogP) is 2.67. The molecule has 1 aromatic rings. The molecule has 23 heavy (non-hydrogen) atoms. The van der Waals surface area contributed by atoms with Gasteiger partial charge in [-0.15, -0.1) is 0 Å². The number of hydrogen-bond acceptors (Lipinski definition) is 6. The quantitative estimate of drug-likeness (QED) is 0.451. The number of nitrogens with one attached hydrogen (secondary N) is 1. The van der Waals surface area contributed by atoms with Gasteiger partial charge < -0.3 is 19.5 Å². The highest BCUT2D eigenvalue weighted by Gasteiger charge is 1.99. The van der Waals surface area contributed by atoms with E-state index in [1.54, 1.807) is 19.3 Å². The first-order valence-corrected chi connectivity index (χ1v) is 7.07. The van der Waals surface area contributed by atoms with Gasteiger partial charge in [0.1, 0.15) is 18.1 Å². The van der Waals surface area contributed by atoms with E-state index in [2.05, 4.69) is 5.32 Å². The predicted molar refractivity (Wildman–Crippen MR) is 87.1 cm³/mol. The molecule has 0 atom stereocenters. The fourth-order valence-electron chi connectivity index (χ4n) is 1.61. The molecule has 1 N–H and O–H groups in total. The van der Waals surface area contributed by atoms with Crippen molar-refractivity contribution in [2.24, 2.45) is 0 Å². The summed E-state index contributed by atoms with van der Waals surface area (Å²) in [5.41, 5.74) is 0.938. The second-order valence-corrected chi connectivity index (χ2v) is 4.51. The molecule has 1 rings (SSSR count). The third-order valence-electron chi connectivity index (χ3n) is 2.63. The maximum absolute atomic E-state index is 11.0. The number of carbonyl (C=O) groups excluding carboxylic acids is 2. The first-order valence-electron chi connectivity index (χ1n) is 7.07. The van der Waals surface area contributed by atoms with E-state index in [0.717, 1.165) is 11.4 Å². The van der Waals surface area contributed by atoms with E-state index in [1.807, 2.05) is 24.3 Å². The number of ether oxygens (including phenoxy) is 3. The molecular formula is C17H21NO5. The Hall–Kier alpha value is -2.76. The number of carbonyl (C=O) groups is 2. The van der Waals surface area contributed by atoms with Gasteiger partial charge in [0.05, 0.1) is 7.11 Å². The van der Waals surface area contributed by atoms with Gasteiger partial charge >= 0.3 is 11.9 Å². The lowest BCUT2D eigenvalue weighted by Gasteiger charge is -2.05. The van der Waals surface area contributed by atoms with Crippen molar-refractivity contribution in [2.45, 2.75) is 13.8 Å². The van der Waals surface area contributed by atoms with E-state index < -0.39 is 11.9 Å². The number of benzene rings is 1. The normalized spacial score (nSPS) is 11.2. The van der Waals surface area contributed by atoms with Crippen LogP contribution in [-0.2, 0) is 19.1 Å². The fourth-order valence-corrected chi connectivity index (χ4v) is 1.61. The molecule has 0 amide bonds. The molecule has 0 aliphatic carbocycles. The zero-order valence-corrected chi connectivity index (χ0v) is 13.5. The zero-order chi connectivity index (χ0) is 17.1. The lowest BCUT2D eigenvalue weighted by Crippen LogP contribution is -2.03. The average molecular weight is 319 g/mol. The number of hydrogen-bond donors (Lipinski definition) is 1. The molecule has 6 nitrogen and oxygen atoms in total. The van der Waals surface area contributed by atoms with Crippen LogP contribution >= 0.6 is 0 Å². The first-order chi connectivity index (χ1) is 11.0. The summed E-state index contributed by atoms with van der Waals surface area (Å²) in [5.74, 6) is 0.285. The molecule has 0 saturated carbocycles. The smallest absolute Gasteiger partial charge is 0.308 e. The second-order valence-electron chi connectivity index (χ2n) is 4.51. The molecule has 0 saturated heterocycles. The summed E-state index contributed by atoms with van der Waals surface area (Å²) in [5, 5.41) is 3.18. The van der Waals surface area contributed by atoms with Crippen LogP contribution in [0.3, 0.4) is 0 Å². The van der Waals surface area contributed by atoms with E-state index in [-0.39, 0.29) is 6.61 Å². The molecule has 0 radical (unpaired) electrons. The van der Waals surface area contributed by atoms with Crippen LogP contribution in [0, 0.1) is 0 Å². The molecule has 0 aromatic heterocycles. The Morgan fingerprint density at radius 2 is 1.83 bits per heavy atom. The summed E-state index contributed by atoms with van der Waals surface area (Å²) in [6, 6.07) is 7.51. The van der Waals surface area contributed by atoms with Gasteiger partial charge in [0.15, 0.2) is 0 Å². The highest BCUT2D eigenvalue weighted by atomic mass is 16.5. The Labute approximate surface area is 135 Å². The molecule has 0 unspecified atom stereocenters. The molecule has 124 valence electrons. The average Bonchev–Trinajstić information content (AvgIpc) is 2.51. The SMILES string of the molecule is COc1ccc(NC/C=C/C(=C/COC(C)=O)OC(C)=O)cc1. The van der Waals surface area contributed by atoms with Crippen LogP contribution < -0.4 is 10.1 Å². The third kappa shape index (κ3) is 8.31. The van der Waals surface area contributed by atoms with Gasteiger partial charge in [-0.25, -0.2) is 0 Å². The molecule has 0 heterocycles. The van der Waals surface area contributed by atoms with Crippen LogP contribution in [0.4, 0.5) is 5.69 Å². The van der Waals surface area contributed by atoms with Crippen LogP contribution in [0.5, 0.6) is 5.75 Å². The van der Waals surface area contributed by atoms with Crippen molar-refractivity contribution in [3.8, 4) is 5.75 Å². The van der Waals surface area contributed by atoms with Gasteiger partial charge in [0.2, 0.25) is 0 Å². The summed E-state index contributed by atoms with van der Waals surface area (Å²) < 4.78 is 14.9. The molecule has 0 bridgehead atoms. The standard InChI is InChI=1S/C17H21NO5/c1-13(19)22-12-10-17(23-14(2)20)5-4-11-18-15-6-8-16(21-3)9-7-15/h4-10,18H,11-12H2,1-3H3/b5-4+,17-10-. The second kappa shape index (κ2) is 10.0. The van der Waals surface area contributed by atoms with Gasteiger partial charge in [-0.1, -0.05) is 6.08 Å². The maximum Gasteiger partial charge on any atom is 0.308 e. The minimum Gasteiger partial charge on any atom is -0.497 e. The number of anilines is 1. The monoisotopic (exact) mass is 319 g/mol. The van der Waals surface area contributed by atoms with Gasteiger partial charge in [0, 0.05) is 26.1 Å². The minimum absolute atomic E-state index is 0.0498. The van der Waals surface area contributed by atoms with Gasteiger partial charge in [-0.05, 0) is 36.4 Å². The number of rotatable bonds is 8. The molecule has 1 aromatic carbocycles. The largest absolute Gasteiger partial charge is 0.497 e. The van der Waals surface area contributed by atoms with Crippen LogP contribution in [0.2, 0.25) is 0 Å². The van der Waals surface area contributed by atoms with E-state index >= 15 is 0 Å². The zero-order valence-electron chi connectivity index (χ0n) is 13.5. The van der Waals surface area contributed by atoms with Crippen LogP contribution in [0.15, 0.2) is 48.3 Å². The van der Waals surface area contributed by atoms with E-state index in [1.165, 1.54) is 19.9 Å². The fraction of sp³-hybridized carbons (Fsp3) is 0.294. The van der Waals surface area contributed by atoms with Gasteiger partial charge in [-0.2, -0.15) is 0 Å². The topological polar surface area (TPSA) is 73.9 Å². The van der Waals surface area contributed by atoms with Crippen molar-refractivity contribution in [1.82, 2.24) is 0 Å². The number of methoxy groups -OCH3 is 1. The third-order valence-corrected chi connectivity index (χ3v) is 2.63. The number of allylic oxidation sites excluding steroid dienone is 1. The van der Waals surface area contributed by atoms with E-state index in [9.17, 15) is 9.59 Å². The Kier molecular flexibility index (Phi) is 7.99. The lowest BCUT2D eigenvalue weighted by molar-refractivity contribution is -0.139. The van der Waals surface area contributed by atoms with Crippen molar-refractivity contribution in [1.29, 1.82) is 0 Å².